The van der Waals surface area contributed by atoms with Gasteiger partial charge in [0.1, 0.15) is 4.83 Å². The summed E-state index contributed by atoms with van der Waals surface area (Å²) in [5.74, 6) is 0.934. The van der Waals surface area contributed by atoms with Crippen LogP contribution >= 0.6 is 11.3 Å². The SMILES string of the molecule is C1=CC2C(C=C1c1ccc3c(c1)c1ccccc1n3-c1nc(-c3ccc(-c4cccc5ccccc45)cc3)c3ccsc3n1)c1ccccc1N2c1ccccc1. The molecule has 2 unspecified atom stereocenters. The number of fused-ring (bicyclic) bond motifs is 8. The number of thiophene rings is 1. The van der Waals surface area contributed by atoms with Gasteiger partial charge in [0.05, 0.1) is 22.8 Å². The van der Waals surface area contributed by atoms with E-state index in [1.165, 1.54) is 60.7 Å². The fourth-order valence-electron chi connectivity index (χ4n) is 9.25. The Kier molecular flexibility index (Phi) is 7.19. The maximum absolute atomic E-state index is 5.37. The summed E-state index contributed by atoms with van der Waals surface area (Å²) in [5.41, 5.74) is 12.9. The lowest BCUT2D eigenvalue weighted by Gasteiger charge is -2.29. The quantitative estimate of drug-likeness (QED) is 0.176. The van der Waals surface area contributed by atoms with Crippen molar-refractivity contribution >= 4 is 71.1 Å². The van der Waals surface area contributed by atoms with Crippen LogP contribution in [0.5, 0.6) is 0 Å². The van der Waals surface area contributed by atoms with Crippen LogP contribution in [-0.4, -0.2) is 20.6 Å². The second-order valence-corrected chi connectivity index (χ2v) is 15.9. The average Bonchev–Trinajstić information content (AvgIpc) is 3.98. The molecule has 10 aromatic rings. The topological polar surface area (TPSA) is 34.0 Å². The summed E-state index contributed by atoms with van der Waals surface area (Å²) in [6.07, 6.45) is 7.17. The van der Waals surface area contributed by atoms with Crippen molar-refractivity contribution in [3.05, 3.63) is 205 Å². The molecule has 2 aliphatic rings. The first kappa shape index (κ1) is 32.2. The molecular formula is C52H34N4S. The highest BCUT2D eigenvalue weighted by Crippen LogP contribution is 2.49. The molecule has 0 radical (unpaired) electrons. The molecule has 0 amide bonds. The van der Waals surface area contributed by atoms with E-state index < -0.39 is 0 Å². The van der Waals surface area contributed by atoms with Gasteiger partial charge in [-0.1, -0.05) is 146 Å². The van der Waals surface area contributed by atoms with E-state index in [1.54, 1.807) is 11.3 Å². The molecule has 12 rings (SSSR count). The lowest BCUT2D eigenvalue weighted by Crippen LogP contribution is -2.28. The van der Waals surface area contributed by atoms with Crippen molar-refractivity contribution < 1.29 is 0 Å². The van der Waals surface area contributed by atoms with Crippen molar-refractivity contribution in [3.63, 3.8) is 0 Å². The zero-order valence-electron chi connectivity index (χ0n) is 30.8. The minimum atomic E-state index is 0.229. The smallest absolute Gasteiger partial charge is 0.236 e. The van der Waals surface area contributed by atoms with Gasteiger partial charge >= 0.3 is 0 Å². The van der Waals surface area contributed by atoms with Gasteiger partial charge in [-0.05, 0) is 86.4 Å². The molecule has 3 aromatic heterocycles. The summed E-state index contributed by atoms with van der Waals surface area (Å²) in [7, 11) is 0. The number of rotatable bonds is 5. The molecular weight excluding hydrogens is 713 g/mol. The molecule has 0 bridgehead atoms. The molecule has 0 spiro atoms. The second kappa shape index (κ2) is 12.7. The fraction of sp³-hybridized carbons (Fsp3) is 0.0385. The molecule has 2 atom stereocenters. The summed E-state index contributed by atoms with van der Waals surface area (Å²) in [6.45, 7) is 0. The van der Waals surface area contributed by atoms with Crippen LogP contribution < -0.4 is 4.90 Å². The predicted molar refractivity (Wildman–Crippen MR) is 239 cm³/mol. The molecule has 5 heteroatoms. The second-order valence-electron chi connectivity index (χ2n) is 15.0. The standard InChI is InChI=1S/C52H34N4S/c1-2-13-38(14-3-1)55-46-19-8-6-16-41(46)44-31-36(25-27-48(44)55)37-26-28-49-45(32-37)42-17-7-9-20-47(42)56(49)52-53-50(43-29-30-57-51(43)54-52)35-23-21-34(22-24-35)40-18-10-12-33-11-4-5-15-39(33)40/h1-32,44,48H. The lowest BCUT2D eigenvalue weighted by atomic mass is 9.86. The zero-order valence-corrected chi connectivity index (χ0v) is 31.6. The number of benzene rings is 7. The molecule has 1 aliphatic heterocycles. The van der Waals surface area contributed by atoms with E-state index in [0.717, 1.165) is 32.5 Å². The highest BCUT2D eigenvalue weighted by atomic mass is 32.1. The van der Waals surface area contributed by atoms with Gasteiger partial charge in [0, 0.05) is 39.0 Å². The van der Waals surface area contributed by atoms with Gasteiger partial charge < -0.3 is 4.90 Å². The summed E-state index contributed by atoms with van der Waals surface area (Å²) in [5, 5.41) is 8.06. The number of hydrogen-bond donors (Lipinski definition) is 0. The van der Waals surface area contributed by atoms with Crippen molar-refractivity contribution in [2.45, 2.75) is 12.0 Å². The summed E-state index contributed by atoms with van der Waals surface area (Å²) in [4.78, 5) is 14.0. The summed E-state index contributed by atoms with van der Waals surface area (Å²) >= 11 is 1.66. The van der Waals surface area contributed by atoms with Gasteiger partial charge in [-0.25, -0.2) is 9.97 Å². The van der Waals surface area contributed by atoms with E-state index in [9.17, 15) is 0 Å². The van der Waals surface area contributed by atoms with Gasteiger partial charge in [-0.15, -0.1) is 11.3 Å². The van der Waals surface area contributed by atoms with Crippen LogP contribution in [0.3, 0.4) is 0 Å². The van der Waals surface area contributed by atoms with E-state index >= 15 is 0 Å². The number of anilines is 2. The van der Waals surface area contributed by atoms with Gasteiger partial charge in [0.2, 0.25) is 5.95 Å². The third-order valence-corrected chi connectivity index (χ3v) is 12.7. The minimum Gasteiger partial charge on any atom is -0.333 e. The molecule has 7 aromatic carbocycles. The van der Waals surface area contributed by atoms with E-state index in [2.05, 4.69) is 203 Å². The van der Waals surface area contributed by atoms with Crippen LogP contribution in [0.15, 0.2) is 193 Å². The number of para-hydroxylation sites is 3. The Morgan fingerprint density at radius 1 is 0.544 bits per heavy atom. The van der Waals surface area contributed by atoms with Crippen LogP contribution in [-0.2, 0) is 0 Å². The van der Waals surface area contributed by atoms with Gasteiger partial charge in [0.25, 0.3) is 0 Å². The molecule has 0 fully saturated rings. The Morgan fingerprint density at radius 3 is 2.19 bits per heavy atom. The first-order valence-corrected chi connectivity index (χ1v) is 20.4. The van der Waals surface area contributed by atoms with Gasteiger partial charge in [0.15, 0.2) is 0 Å². The zero-order chi connectivity index (χ0) is 37.5. The van der Waals surface area contributed by atoms with Crippen LogP contribution in [0, 0.1) is 0 Å². The van der Waals surface area contributed by atoms with Crippen molar-refractivity contribution in [2.75, 3.05) is 4.90 Å². The first-order chi connectivity index (χ1) is 28.3. The molecule has 0 saturated heterocycles. The Labute approximate surface area is 334 Å². The first-order valence-electron chi connectivity index (χ1n) is 19.5. The fourth-order valence-corrected chi connectivity index (χ4v) is 10.0. The van der Waals surface area contributed by atoms with Crippen LogP contribution in [0.4, 0.5) is 11.4 Å². The Morgan fingerprint density at radius 2 is 1.28 bits per heavy atom. The highest BCUT2D eigenvalue weighted by molar-refractivity contribution is 7.16. The molecule has 0 N–H and O–H groups in total. The van der Waals surface area contributed by atoms with Crippen molar-refractivity contribution in [1.82, 2.24) is 14.5 Å². The molecule has 1 aliphatic carbocycles. The summed E-state index contributed by atoms with van der Waals surface area (Å²) < 4.78 is 2.24. The molecule has 268 valence electrons. The predicted octanol–water partition coefficient (Wildman–Crippen LogP) is 13.5. The van der Waals surface area contributed by atoms with Crippen molar-refractivity contribution in [1.29, 1.82) is 0 Å². The van der Waals surface area contributed by atoms with Crippen LogP contribution in [0.2, 0.25) is 0 Å². The van der Waals surface area contributed by atoms with Crippen LogP contribution in [0.1, 0.15) is 17.0 Å². The Balaban J connectivity index is 0.955. The minimum absolute atomic E-state index is 0.229. The lowest BCUT2D eigenvalue weighted by molar-refractivity contribution is 0.747. The van der Waals surface area contributed by atoms with E-state index in [1.807, 2.05) is 0 Å². The van der Waals surface area contributed by atoms with Gasteiger partial charge in [-0.3, -0.25) is 4.57 Å². The molecule has 0 saturated carbocycles. The average molecular weight is 747 g/mol. The number of nitrogens with zero attached hydrogens (tertiary/aromatic N) is 4. The number of hydrogen-bond acceptors (Lipinski definition) is 4. The number of aromatic nitrogens is 3. The maximum Gasteiger partial charge on any atom is 0.236 e. The van der Waals surface area contributed by atoms with E-state index in [-0.39, 0.29) is 12.0 Å². The maximum atomic E-state index is 5.37. The normalized spacial score (nSPS) is 16.1. The third-order valence-electron chi connectivity index (χ3n) is 11.9. The summed E-state index contributed by atoms with van der Waals surface area (Å²) in [6, 6.07) is 61.5. The largest absolute Gasteiger partial charge is 0.333 e. The molecule has 57 heavy (non-hydrogen) atoms. The van der Waals surface area contributed by atoms with Crippen molar-refractivity contribution in [3.8, 4) is 28.3 Å². The molecule has 4 nitrogen and oxygen atoms in total. The van der Waals surface area contributed by atoms with E-state index in [4.69, 9.17) is 9.97 Å². The number of allylic oxidation sites excluding steroid dienone is 2. The van der Waals surface area contributed by atoms with E-state index in [0.29, 0.717) is 5.95 Å². The Bertz CT molecular complexity index is 3260. The van der Waals surface area contributed by atoms with Gasteiger partial charge in [-0.2, -0.15) is 0 Å². The Hall–Kier alpha value is -7.08. The monoisotopic (exact) mass is 746 g/mol. The highest BCUT2D eigenvalue weighted by Gasteiger charge is 2.38. The third kappa shape index (κ3) is 5.06. The van der Waals surface area contributed by atoms with Crippen LogP contribution in [0.25, 0.3) is 76.7 Å². The van der Waals surface area contributed by atoms with Crippen molar-refractivity contribution in [2.24, 2.45) is 0 Å². The molecule has 4 heterocycles.